The molecule has 0 aliphatic rings. The van der Waals surface area contributed by atoms with Crippen molar-refractivity contribution in [2.24, 2.45) is 5.10 Å². The summed E-state index contributed by atoms with van der Waals surface area (Å²) < 4.78 is 6.14. The van der Waals surface area contributed by atoms with E-state index in [0.29, 0.717) is 11.3 Å². The van der Waals surface area contributed by atoms with Crippen molar-refractivity contribution in [3.63, 3.8) is 0 Å². The van der Waals surface area contributed by atoms with Gasteiger partial charge in [0, 0.05) is 22.2 Å². The predicted octanol–water partition coefficient (Wildman–Crippen LogP) is 2.89. The number of rotatable bonds is 6. The zero-order valence-electron chi connectivity index (χ0n) is 11.8. The van der Waals surface area contributed by atoms with Gasteiger partial charge >= 0.3 is 0 Å². The molecule has 1 N–H and O–H groups in total. The maximum Gasteiger partial charge on any atom is 0.277 e. The normalized spacial score (nSPS) is 10.5. The molecule has 118 valence electrons. The van der Waals surface area contributed by atoms with Gasteiger partial charge in [0.05, 0.1) is 11.1 Å². The van der Waals surface area contributed by atoms with Crippen LogP contribution in [0.3, 0.4) is 0 Å². The van der Waals surface area contributed by atoms with Gasteiger partial charge in [0.2, 0.25) is 0 Å². The molecule has 8 heteroatoms. The third-order valence-electron chi connectivity index (χ3n) is 2.65. The van der Waals surface area contributed by atoms with Gasteiger partial charge in [-0.05, 0) is 18.2 Å². The summed E-state index contributed by atoms with van der Waals surface area (Å²) in [6.45, 7) is -0.192. The Hall–Kier alpha value is -2.74. The van der Waals surface area contributed by atoms with Gasteiger partial charge in [-0.3, -0.25) is 14.9 Å². The topological polar surface area (TPSA) is 93.8 Å². The lowest BCUT2D eigenvalue weighted by molar-refractivity contribution is -0.384. The van der Waals surface area contributed by atoms with Crippen LogP contribution in [-0.2, 0) is 4.79 Å². The summed E-state index contributed by atoms with van der Waals surface area (Å²) in [6.07, 6.45) is 1.32. The fourth-order valence-corrected chi connectivity index (χ4v) is 2.01. The zero-order valence-corrected chi connectivity index (χ0v) is 13.4. The minimum absolute atomic E-state index is 0.0433. The maximum atomic E-state index is 11.6. The van der Waals surface area contributed by atoms with Crippen LogP contribution in [0.25, 0.3) is 0 Å². The van der Waals surface area contributed by atoms with Gasteiger partial charge in [-0.25, -0.2) is 5.43 Å². The lowest BCUT2D eigenvalue weighted by Gasteiger charge is -2.05. The van der Waals surface area contributed by atoms with Crippen molar-refractivity contribution in [2.75, 3.05) is 6.61 Å². The fourth-order valence-electron chi connectivity index (χ4n) is 1.64. The van der Waals surface area contributed by atoms with Crippen molar-refractivity contribution in [1.82, 2.24) is 5.43 Å². The number of nitrogens with zero attached hydrogens (tertiary/aromatic N) is 2. The smallest absolute Gasteiger partial charge is 0.277 e. The number of amides is 1. The Morgan fingerprint density at radius 1 is 1.30 bits per heavy atom. The van der Waals surface area contributed by atoms with E-state index in [1.807, 2.05) is 6.07 Å². The molecule has 2 rings (SSSR count). The minimum atomic E-state index is -0.498. The maximum absolute atomic E-state index is 11.6. The standard InChI is InChI=1S/C15H12BrN3O4/c16-12-4-2-6-14(8-12)23-10-15(20)18-17-9-11-3-1-5-13(7-11)19(21)22/h1-9H,10H2,(H,18,20)/b17-9-. The van der Waals surface area contributed by atoms with Crippen LogP contribution < -0.4 is 10.2 Å². The summed E-state index contributed by atoms with van der Waals surface area (Å²) in [4.78, 5) is 21.7. The van der Waals surface area contributed by atoms with Crippen LogP contribution in [0.1, 0.15) is 5.56 Å². The van der Waals surface area contributed by atoms with Crippen LogP contribution in [0.15, 0.2) is 58.1 Å². The first kappa shape index (κ1) is 16.6. The van der Waals surface area contributed by atoms with E-state index in [-0.39, 0.29) is 12.3 Å². The molecule has 0 saturated heterocycles. The van der Waals surface area contributed by atoms with Gasteiger partial charge < -0.3 is 4.74 Å². The van der Waals surface area contributed by atoms with Crippen LogP contribution in [0, 0.1) is 10.1 Å². The average Bonchev–Trinajstić information content (AvgIpc) is 2.53. The summed E-state index contributed by atoms with van der Waals surface area (Å²) in [5, 5.41) is 14.4. The van der Waals surface area contributed by atoms with Crippen LogP contribution in [0.5, 0.6) is 5.75 Å². The van der Waals surface area contributed by atoms with E-state index in [0.717, 1.165) is 4.47 Å². The van der Waals surface area contributed by atoms with Crippen LogP contribution in [-0.4, -0.2) is 23.7 Å². The SMILES string of the molecule is O=C(COc1cccc(Br)c1)N/N=C\c1cccc([N+](=O)[O-])c1. The highest BCUT2D eigenvalue weighted by molar-refractivity contribution is 9.10. The molecule has 1 amide bonds. The molecule has 23 heavy (non-hydrogen) atoms. The number of nitro groups is 1. The van der Waals surface area contributed by atoms with Crippen molar-refractivity contribution in [3.8, 4) is 5.75 Å². The summed E-state index contributed by atoms with van der Waals surface area (Å²) >= 11 is 3.30. The molecule has 0 fully saturated rings. The number of carbonyl (C=O) groups excluding carboxylic acids is 1. The number of benzene rings is 2. The van der Waals surface area contributed by atoms with E-state index in [1.165, 1.54) is 24.4 Å². The molecule has 0 bridgehead atoms. The first-order valence-corrected chi connectivity index (χ1v) is 7.28. The second-order valence-electron chi connectivity index (χ2n) is 4.39. The monoisotopic (exact) mass is 377 g/mol. The van der Waals surface area contributed by atoms with Gasteiger partial charge in [-0.15, -0.1) is 0 Å². The van der Waals surface area contributed by atoms with E-state index in [2.05, 4.69) is 26.5 Å². The molecule has 0 saturated carbocycles. The second kappa shape index (κ2) is 8.04. The molecule has 7 nitrogen and oxygen atoms in total. The average molecular weight is 378 g/mol. The number of halogens is 1. The molecule has 0 radical (unpaired) electrons. The van der Waals surface area contributed by atoms with Crippen molar-refractivity contribution in [1.29, 1.82) is 0 Å². The number of non-ortho nitro benzene ring substituents is 1. The van der Waals surface area contributed by atoms with Crippen molar-refractivity contribution in [3.05, 3.63) is 68.7 Å². The molecular formula is C15H12BrN3O4. The van der Waals surface area contributed by atoms with Gasteiger partial charge in [0.25, 0.3) is 11.6 Å². The largest absolute Gasteiger partial charge is 0.484 e. The van der Waals surface area contributed by atoms with Crippen LogP contribution in [0.4, 0.5) is 5.69 Å². The second-order valence-corrected chi connectivity index (χ2v) is 5.31. The highest BCUT2D eigenvalue weighted by atomic mass is 79.9. The number of nitrogens with one attached hydrogen (secondary N) is 1. The third-order valence-corrected chi connectivity index (χ3v) is 3.14. The number of hydrogen-bond acceptors (Lipinski definition) is 5. The van der Waals surface area contributed by atoms with E-state index < -0.39 is 10.8 Å². The Bertz CT molecular complexity index is 749. The first-order chi connectivity index (χ1) is 11.0. The zero-order chi connectivity index (χ0) is 16.7. The van der Waals surface area contributed by atoms with Crippen LogP contribution in [0.2, 0.25) is 0 Å². The van der Waals surface area contributed by atoms with Gasteiger partial charge in [-0.2, -0.15) is 5.10 Å². The highest BCUT2D eigenvalue weighted by Crippen LogP contribution is 2.17. The molecule has 2 aromatic carbocycles. The Morgan fingerprint density at radius 2 is 2.09 bits per heavy atom. The van der Waals surface area contributed by atoms with E-state index in [1.54, 1.807) is 24.3 Å². The Labute approximate surface area is 140 Å². The molecule has 0 aliphatic heterocycles. The molecule has 0 unspecified atom stereocenters. The molecule has 0 aliphatic carbocycles. The number of nitro benzene ring substituents is 1. The number of hydrazone groups is 1. The molecule has 2 aromatic rings. The van der Waals surface area contributed by atoms with E-state index in [9.17, 15) is 14.9 Å². The number of carbonyl (C=O) groups is 1. The van der Waals surface area contributed by atoms with Crippen molar-refractivity contribution in [2.45, 2.75) is 0 Å². The van der Waals surface area contributed by atoms with Crippen LogP contribution >= 0.6 is 15.9 Å². The van der Waals surface area contributed by atoms with Gasteiger partial charge in [0.15, 0.2) is 6.61 Å². The highest BCUT2D eigenvalue weighted by Gasteiger charge is 2.04. The van der Waals surface area contributed by atoms with Gasteiger partial charge in [0.1, 0.15) is 5.75 Å². The summed E-state index contributed by atoms with van der Waals surface area (Å²) in [5.74, 6) is 0.115. The Morgan fingerprint density at radius 3 is 2.83 bits per heavy atom. The molecule has 0 atom stereocenters. The van der Waals surface area contributed by atoms with E-state index in [4.69, 9.17) is 4.74 Å². The summed E-state index contributed by atoms with van der Waals surface area (Å²) in [7, 11) is 0. The van der Waals surface area contributed by atoms with E-state index >= 15 is 0 Å². The molecule has 0 heterocycles. The quantitative estimate of drug-likeness (QED) is 0.475. The van der Waals surface area contributed by atoms with Crippen molar-refractivity contribution < 1.29 is 14.5 Å². The molecular weight excluding hydrogens is 366 g/mol. The number of ether oxygens (including phenoxy) is 1. The lowest BCUT2D eigenvalue weighted by atomic mass is 10.2. The minimum Gasteiger partial charge on any atom is -0.484 e. The van der Waals surface area contributed by atoms with Gasteiger partial charge in [-0.1, -0.05) is 34.1 Å². The Kier molecular flexibility index (Phi) is 5.81. The molecule has 0 spiro atoms. The summed E-state index contributed by atoms with van der Waals surface area (Å²) in [5.41, 5.74) is 2.75. The third kappa shape index (κ3) is 5.51. The number of hydrogen-bond donors (Lipinski definition) is 1. The molecule has 0 aromatic heterocycles. The first-order valence-electron chi connectivity index (χ1n) is 6.49. The fraction of sp³-hybridized carbons (Fsp3) is 0.0667. The summed E-state index contributed by atoms with van der Waals surface area (Å²) in [6, 6.07) is 13.0. The predicted molar refractivity (Wildman–Crippen MR) is 88.5 cm³/mol. The Balaban J connectivity index is 1.84. The van der Waals surface area contributed by atoms with Crippen molar-refractivity contribution >= 4 is 33.7 Å². The lowest BCUT2D eigenvalue weighted by Crippen LogP contribution is -2.24.